The van der Waals surface area contributed by atoms with Gasteiger partial charge in [0.25, 0.3) is 0 Å². The minimum Gasteiger partial charge on any atom is -0.350 e. The third-order valence-corrected chi connectivity index (χ3v) is 2.77. The lowest BCUT2D eigenvalue weighted by atomic mass is 9.92. The Morgan fingerprint density at radius 3 is 2.73 bits per heavy atom. The fourth-order valence-corrected chi connectivity index (χ4v) is 1.72. The Labute approximate surface area is 69.9 Å². The molecule has 1 aliphatic heterocycles. The monoisotopic (exact) mass is 173 g/mol. The summed E-state index contributed by atoms with van der Waals surface area (Å²) in [6.45, 7) is 3.48. The highest BCUT2D eigenvalue weighted by molar-refractivity contribution is 8.13. The zero-order valence-electron chi connectivity index (χ0n) is 6.64. The molecular formula is C7H11NO2S. The van der Waals surface area contributed by atoms with Crippen LogP contribution in [0.4, 0.5) is 0 Å². The number of thioether (sulfide) groups is 1. The van der Waals surface area contributed by atoms with E-state index >= 15 is 0 Å². The fraction of sp³-hybridized carbons (Fsp3) is 0.714. The molecule has 1 heterocycles. The van der Waals surface area contributed by atoms with Gasteiger partial charge in [-0.3, -0.25) is 9.59 Å². The lowest BCUT2D eigenvalue weighted by molar-refractivity contribution is -0.131. The van der Waals surface area contributed by atoms with Crippen molar-refractivity contribution in [1.82, 2.24) is 5.32 Å². The second kappa shape index (κ2) is 2.85. The summed E-state index contributed by atoms with van der Waals surface area (Å²) in [4.78, 5) is 21.1. The van der Waals surface area contributed by atoms with E-state index in [4.69, 9.17) is 0 Å². The summed E-state index contributed by atoms with van der Waals surface area (Å²) in [6.07, 6.45) is 0.549. The summed E-state index contributed by atoms with van der Waals surface area (Å²) >= 11 is 1.26. The molecule has 1 unspecified atom stereocenters. The summed E-state index contributed by atoms with van der Waals surface area (Å²) in [5.41, 5.74) is -0.132. The minimum absolute atomic E-state index is 0.0802. The van der Waals surface area contributed by atoms with Crippen LogP contribution in [0.15, 0.2) is 0 Å². The predicted octanol–water partition coefficient (Wildman–Crippen LogP) is 0.545. The maximum Gasteiger partial charge on any atom is 0.222 e. The van der Waals surface area contributed by atoms with Gasteiger partial charge >= 0.3 is 0 Å². The molecule has 4 heteroatoms. The van der Waals surface area contributed by atoms with Gasteiger partial charge < -0.3 is 5.32 Å². The number of rotatable bonds is 2. The van der Waals surface area contributed by atoms with Crippen molar-refractivity contribution in [3.63, 3.8) is 0 Å². The molecule has 1 atom stereocenters. The minimum atomic E-state index is -0.132. The van der Waals surface area contributed by atoms with Gasteiger partial charge in [-0.2, -0.15) is 0 Å². The molecule has 0 aromatic heterocycles. The highest BCUT2D eigenvalue weighted by Gasteiger charge is 2.38. The average Bonchev–Trinajstić information content (AvgIpc) is 1.81. The first-order chi connectivity index (χ1) is 5.02. The van der Waals surface area contributed by atoms with Gasteiger partial charge in [0.15, 0.2) is 5.12 Å². The van der Waals surface area contributed by atoms with Crippen LogP contribution in [-0.2, 0) is 9.59 Å². The van der Waals surface area contributed by atoms with Gasteiger partial charge in [-0.25, -0.2) is 0 Å². The molecule has 0 aliphatic carbocycles. The smallest absolute Gasteiger partial charge is 0.222 e. The number of hydrogen-bond donors (Lipinski definition) is 1. The van der Waals surface area contributed by atoms with Crippen molar-refractivity contribution < 1.29 is 9.59 Å². The van der Waals surface area contributed by atoms with E-state index in [0.29, 0.717) is 12.2 Å². The summed E-state index contributed by atoms with van der Waals surface area (Å²) in [7, 11) is 0. The number of carbonyl (C=O) groups excluding carboxylic acids is 2. The van der Waals surface area contributed by atoms with Crippen molar-refractivity contribution in [1.29, 1.82) is 0 Å². The van der Waals surface area contributed by atoms with E-state index in [1.807, 2.05) is 6.92 Å². The van der Waals surface area contributed by atoms with Crippen molar-refractivity contribution >= 4 is 22.8 Å². The molecule has 0 spiro atoms. The highest BCUT2D eigenvalue weighted by Crippen LogP contribution is 2.24. The number of β-lactam (4-membered cyclic amide) rings is 1. The van der Waals surface area contributed by atoms with E-state index in [2.05, 4.69) is 5.32 Å². The normalized spacial score (nSPS) is 29.1. The van der Waals surface area contributed by atoms with Gasteiger partial charge in [0.1, 0.15) is 0 Å². The molecule has 1 N–H and O–H groups in total. The Morgan fingerprint density at radius 1 is 1.82 bits per heavy atom. The van der Waals surface area contributed by atoms with Crippen molar-refractivity contribution in [3.05, 3.63) is 0 Å². The SMILES string of the molecule is CC(=O)SCC1(C)CC(=O)N1. The third kappa shape index (κ3) is 2.22. The Hall–Kier alpha value is -0.510. The maximum absolute atomic E-state index is 10.6. The Kier molecular flexibility index (Phi) is 2.23. The largest absolute Gasteiger partial charge is 0.350 e. The lowest BCUT2D eigenvalue weighted by Gasteiger charge is -2.38. The van der Waals surface area contributed by atoms with Gasteiger partial charge in [0.05, 0.1) is 12.0 Å². The number of nitrogens with one attached hydrogen (secondary N) is 1. The highest BCUT2D eigenvalue weighted by atomic mass is 32.2. The average molecular weight is 173 g/mol. The van der Waals surface area contributed by atoms with Gasteiger partial charge in [0, 0.05) is 12.7 Å². The molecule has 0 aromatic rings. The third-order valence-electron chi connectivity index (χ3n) is 1.59. The number of hydrogen-bond acceptors (Lipinski definition) is 3. The Balaban J connectivity index is 2.27. The van der Waals surface area contributed by atoms with Crippen LogP contribution >= 0.6 is 11.8 Å². The summed E-state index contributed by atoms with van der Waals surface area (Å²) in [6, 6.07) is 0. The van der Waals surface area contributed by atoms with Gasteiger partial charge in [-0.15, -0.1) is 0 Å². The second-order valence-corrected chi connectivity index (χ2v) is 4.22. The summed E-state index contributed by atoms with van der Waals surface area (Å²) in [5, 5.41) is 2.87. The first kappa shape index (κ1) is 8.59. The van der Waals surface area contributed by atoms with Crippen LogP contribution in [-0.4, -0.2) is 22.3 Å². The number of amides is 1. The molecule has 1 aliphatic rings. The predicted molar refractivity (Wildman–Crippen MR) is 44.3 cm³/mol. The van der Waals surface area contributed by atoms with Crippen LogP contribution in [0, 0.1) is 0 Å². The first-order valence-corrected chi connectivity index (χ1v) is 4.45. The molecule has 11 heavy (non-hydrogen) atoms. The molecule has 0 saturated carbocycles. The first-order valence-electron chi connectivity index (χ1n) is 3.46. The Morgan fingerprint density at radius 2 is 2.36 bits per heavy atom. The molecule has 0 aromatic carbocycles. The molecule has 3 nitrogen and oxygen atoms in total. The summed E-state index contributed by atoms with van der Waals surface area (Å²) < 4.78 is 0. The van der Waals surface area contributed by atoms with Gasteiger partial charge in [-0.05, 0) is 6.92 Å². The van der Waals surface area contributed by atoms with Gasteiger partial charge in [-0.1, -0.05) is 11.8 Å². The van der Waals surface area contributed by atoms with Crippen LogP contribution in [0.2, 0.25) is 0 Å². The van der Waals surface area contributed by atoms with Crippen molar-refractivity contribution in [3.8, 4) is 0 Å². The van der Waals surface area contributed by atoms with Crippen LogP contribution in [0.25, 0.3) is 0 Å². The molecular weight excluding hydrogens is 162 g/mol. The van der Waals surface area contributed by atoms with Crippen LogP contribution in [0.5, 0.6) is 0 Å². The van der Waals surface area contributed by atoms with Crippen LogP contribution in [0.1, 0.15) is 20.3 Å². The quantitative estimate of drug-likeness (QED) is 0.620. The molecule has 62 valence electrons. The van der Waals surface area contributed by atoms with E-state index in [1.165, 1.54) is 18.7 Å². The second-order valence-electron chi connectivity index (χ2n) is 3.07. The molecule has 1 fully saturated rings. The van der Waals surface area contributed by atoms with Gasteiger partial charge in [0.2, 0.25) is 5.91 Å². The number of carbonyl (C=O) groups is 2. The van der Waals surface area contributed by atoms with Crippen LogP contribution < -0.4 is 5.32 Å². The van der Waals surface area contributed by atoms with E-state index in [1.54, 1.807) is 0 Å². The van der Waals surface area contributed by atoms with Crippen molar-refractivity contribution in [2.75, 3.05) is 5.75 Å². The van der Waals surface area contributed by atoms with E-state index < -0.39 is 0 Å². The van der Waals surface area contributed by atoms with E-state index in [9.17, 15) is 9.59 Å². The fourth-order valence-electron chi connectivity index (χ4n) is 1.02. The molecule has 1 rings (SSSR count). The molecule has 0 bridgehead atoms. The van der Waals surface area contributed by atoms with Crippen molar-refractivity contribution in [2.45, 2.75) is 25.8 Å². The maximum atomic E-state index is 10.6. The van der Waals surface area contributed by atoms with Crippen LogP contribution in [0.3, 0.4) is 0 Å². The zero-order valence-corrected chi connectivity index (χ0v) is 7.46. The van der Waals surface area contributed by atoms with E-state index in [0.717, 1.165) is 0 Å². The topological polar surface area (TPSA) is 46.2 Å². The van der Waals surface area contributed by atoms with E-state index in [-0.39, 0.29) is 16.6 Å². The Bertz CT molecular complexity index is 195. The van der Waals surface area contributed by atoms with Crippen molar-refractivity contribution in [2.24, 2.45) is 0 Å². The standard InChI is InChI=1S/C7H11NO2S/c1-5(9)11-4-7(2)3-6(10)8-7/h3-4H2,1-2H3,(H,8,10). The molecule has 1 amide bonds. The molecule has 0 radical (unpaired) electrons. The summed E-state index contributed by atoms with van der Waals surface area (Å²) in [5.74, 6) is 0.769. The zero-order chi connectivity index (χ0) is 8.48. The lowest BCUT2D eigenvalue weighted by Crippen LogP contribution is -2.60. The molecule has 1 saturated heterocycles.